The average molecular weight is 1630 g/mol. The number of fused-ring (bicyclic) bond motifs is 30. The third-order valence-corrected chi connectivity index (χ3v) is 28.7. The van der Waals surface area contributed by atoms with E-state index in [1.54, 1.807) is 0 Å². The lowest BCUT2D eigenvalue weighted by molar-refractivity contribution is 0.748. The van der Waals surface area contributed by atoms with Gasteiger partial charge in [0.05, 0.1) is 83.4 Å². The molecule has 24 aromatic rings. The second-order valence-electron chi connectivity index (χ2n) is 34.8. The van der Waals surface area contributed by atoms with Gasteiger partial charge in [0.25, 0.3) is 0 Å². The largest absolute Gasteiger partial charge is 0.310 e. The number of nitrogens with zero attached hydrogens (tertiary/aromatic N) is 6. The fourth-order valence-electron chi connectivity index (χ4n) is 23.7. The van der Waals surface area contributed by atoms with Crippen molar-refractivity contribution in [1.82, 2.24) is 18.3 Å². The molecule has 1 unspecified atom stereocenters. The fraction of sp³-hybridized carbons (Fsp3) is 0.0164. The van der Waals surface area contributed by atoms with Gasteiger partial charge in [0.15, 0.2) is 0 Å². The molecule has 0 saturated heterocycles. The minimum atomic E-state index is -0.657. The first-order valence-electron chi connectivity index (χ1n) is 44.5. The molecular formula is C122H76N6. The maximum absolute atomic E-state index is 2.59. The van der Waals surface area contributed by atoms with Gasteiger partial charge in [0.1, 0.15) is 0 Å². The Morgan fingerprint density at radius 2 is 0.594 bits per heavy atom. The molecule has 0 amide bonds. The van der Waals surface area contributed by atoms with Gasteiger partial charge in [0, 0.05) is 82.7 Å². The highest BCUT2D eigenvalue weighted by atomic mass is 15.2. The Hall–Kier alpha value is -16.8. The monoisotopic (exact) mass is 1620 g/mol. The predicted molar refractivity (Wildman–Crippen MR) is 531 cm³/mol. The lowest BCUT2D eigenvalue weighted by Crippen LogP contribution is -2.33. The third kappa shape index (κ3) is 9.53. The van der Waals surface area contributed by atoms with Crippen molar-refractivity contribution in [3.63, 3.8) is 0 Å². The lowest BCUT2D eigenvalue weighted by atomic mass is 9.65. The second kappa shape index (κ2) is 26.9. The number of para-hydroxylation sites is 9. The van der Waals surface area contributed by atoms with Crippen molar-refractivity contribution in [2.75, 3.05) is 9.80 Å². The molecule has 2 aliphatic heterocycles. The molecule has 1 atom stereocenters. The van der Waals surface area contributed by atoms with Gasteiger partial charge >= 0.3 is 0 Å². The molecule has 2 aliphatic carbocycles. The molecule has 6 heteroatoms. The van der Waals surface area contributed by atoms with E-state index >= 15 is 0 Å². The number of hydrogen-bond donors (Lipinski definition) is 0. The van der Waals surface area contributed by atoms with E-state index < -0.39 is 10.8 Å². The van der Waals surface area contributed by atoms with Crippen LogP contribution in [0.4, 0.5) is 34.1 Å². The van der Waals surface area contributed by atoms with E-state index in [-0.39, 0.29) is 0 Å². The smallest absolute Gasteiger partial charge is 0.0755 e. The first-order valence-corrected chi connectivity index (χ1v) is 44.5. The van der Waals surface area contributed by atoms with E-state index in [0.29, 0.717) is 0 Å². The highest BCUT2D eigenvalue weighted by Crippen LogP contribution is 2.66. The van der Waals surface area contributed by atoms with E-state index in [0.717, 1.165) is 95.4 Å². The van der Waals surface area contributed by atoms with Crippen LogP contribution in [-0.4, -0.2) is 18.3 Å². The average Bonchev–Trinajstić information content (AvgIpc) is 1.50. The summed E-state index contributed by atoms with van der Waals surface area (Å²) in [6.45, 7) is 0. The molecule has 4 aromatic heterocycles. The Morgan fingerprint density at radius 3 is 1.26 bits per heavy atom. The fourth-order valence-corrected chi connectivity index (χ4v) is 23.7. The first kappa shape index (κ1) is 70.7. The highest BCUT2D eigenvalue weighted by Gasteiger charge is 2.54. The van der Waals surface area contributed by atoms with Crippen molar-refractivity contribution in [3.8, 4) is 78.4 Å². The zero-order valence-corrected chi connectivity index (χ0v) is 69.6. The molecule has 128 heavy (non-hydrogen) atoms. The van der Waals surface area contributed by atoms with Crippen LogP contribution in [0.25, 0.3) is 166 Å². The maximum Gasteiger partial charge on any atom is 0.0755 e. The van der Waals surface area contributed by atoms with Crippen molar-refractivity contribution in [2.24, 2.45) is 0 Å². The third-order valence-electron chi connectivity index (χ3n) is 28.7. The first-order chi connectivity index (χ1) is 63.6. The van der Waals surface area contributed by atoms with E-state index in [2.05, 4.69) is 489 Å². The van der Waals surface area contributed by atoms with Crippen LogP contribution >= 0.6 is 0 Å². The minimum Gasteiger partial charge on any atom is -0.310 e. The van der Waals surface area contributed by atoms with Crippen molar-refractivity contribution in [1.29, 1.82) is 0 Å². The Bertz CT molecular complexity index is 8800. The molecule has 594 valence electrons. The summed E-state index contributed by atoms with van der Waals surface area (Å²) in [6, 6.07) is 174. The van der Waals surface area contributed by atoms with Gasteiger partial charge in [0.2, 0.25) is 0 Å². The lowest BCUT2D eigenvalue weighted by Gasteiger charge is -2.40. The summed E-state index contributed by atoms with van der Waals surface area (Å²) in [4.78, 5) is 5.15. The number of rotatable bonds is 11. The van der Waals surface area contributed by atoms with Crippen LogP contribution in [0.2, 0.25) is 0 Å². The van der Waals surface area contributed by atoms with Crippen molar-refractivity contribution >= 4 is 121 Å². The van der Waals surface area contributed by atoms with Gasteiger partial charge in [-0.05, 0) is 216 Å². The summed E-state index contributed by atoms with van der Waals surface area (Å²) in [5.74, 6) is 0. The zero-order valence-electron chi connectivity index (χ0n) is 69.6. The second-order valence-corrected chi connectivity index (χ2v) is 34.8. The molecule has 2 spiro atoms. The maximum atomic E-state index is 2.59. The Balaban J connectivity index is 0.629. The van der Waals surface area contributed by atoms with E-state index in [4.69, 9.17) is 0 Å². The number of aromatic nitrogens is 4. The van der Waals surface area contributed by atoms with Crippen LogP contribution < -0.4 is 9.80 Å². The van der Waals surface area contributed by atoms with Gasteiger partial charge in [-0.25, -0.2) is 0 Å². The van der Waals surface area contributed by atoms with Crippen molar-refractivity contribution in [3.05, 3.63) is 506 Å². The van der Waals surface area contributed by atoms with Gasteiger partial charge in [-0.2, -0.15) is 0 Å². The Kier molecular flexibility index (Phi) is 14.8. The number of benzene rings is 20. The summed E-state index contributed by atoms with van der Waals surface area (Å²) in [5.41, 5.74) is 41.2. The van der Waals surface area contributed by atoms with Gasteiger partial charge in [-0.1, -0.05) is 334 Å². The molecule has 0 radical (unpaired) electrons. The Morgan fingerprint density at radius 1 is 0.180 bits per heavy atom. The van der Waals surface area contributed by atoms with E-state index in [1.165, 1.54) is 149 Å². The molecule has 20 aromatic carbocycles. The van der Waals surface area contributed by atoms with Gasteiger partial charge in [-0.3, -0.25) is 0 Å². The standard InChI is InChI=1S/C122H76N6/c1-4-31-79(32-5-1)96-74-81(65-70-110(96)126(86-66-68-92-89-41-13-22-54-106(89)125(116(92)76-86)83-36-8-3-9-37-83)115-72-69-105-120-118(115)95-45-16-25-57-109(95)128(120)113-59-27-20-50-101(113)121(105)98-47-17-10-39-87(98)88-40-11-18-48-99(88)121)78-63-61-77(62-64-78)80-33-28-38-84(73-80)123(85-67-71-111-97(75-85)91-43-15-23-55-107(91)124(111)82-34-6-2-7-35-82)114-60-30-52-103-117(114)94-44-12-19-49-100(94)122(103)102-51-21-26-58-112(102)127-108-56-24-14-42-90(108)93-46-29-53-104(122)119(93)127/h1-76H. The quantitative estimate of drug-likeness (QED) is 0.129. The number of anilines is 6. The summed E-state index contributed by atoms with van der Waals surface area (Å²) in [7, 11) is 0. The summed E-state index contributed by atoms with van der Waals surface area (Å²) < 4.78 is 10.00. The molecule has 0 fully saturated rings. The van der Waals surface area contributed by atoms with Crippen molar-refractivity contribution < 1.29 is 0 Å². The van der Waals surface area contributed by atoms with Crippen LogP contribution in [0, 0.1) is 0 Å². The normalized spacial score (nSPS) is 14.0. The molecule has 6 heterocycles. The van der Waals surface area contributed by atoms with Crippen LogP contribution in [-0.2, 0) is 10.8 Å². The Labute approximate surface area is 739 Å². The van der Waals surface area contributed by atoms with Crippen LogP contribution in [0.1, 0.15) is 44.5 Å². The molecular weight excluding hydrogens is 1550 g/mol. The summed E-state index contributed by atoms with van der Waals surface area (Å²) in [5, 5.41) is 9.68. The van der Waals surface area contributed by atoms with Gasteiger partial charge < -0.3 is 28.1 Å². The molecule has 28 rings (SSSR count). The van der Waals surface area contributed by atoms with Crippen molar-refractivity contribution in [2.45, 2.75) is 10.8 Å². The van der Waals surface area contributed by atoms with Gasteiger partial charge in [-0.15, -0.1) is 0 Å². The topological polar surface area (TPSA) is 26.2 Å². The van der Waals surface area contributed by atoms with E-state index in [9.17, 15) is 0 Å². The minimum absolute atomic E-state index is 0.616. The van der Waals surface area contributed by atoms with Crippen LogP contribution in [0.3, 0.4) is 0 Å². The zero-order chi connectivity index (χ0) is 83.6. The SMILES string of the molecule is c1ccc(-c2cc(-c3ccc(-c4cccc(N(c5ccc6c(c5)c5ccccc5n6-c5ccccc5)c5cccc6c5-c5ccccc5C65c6ccccc6-n6c7ccccc7c7cccc5c76)c4)cc3)ccc2N(c2ccc3c4ccccc4n(-c4ccccc4)c3c2)c2ccc3c4c2c2ccccc2n4-c2ccccc2C32c3ccccc3-c3ccccc32)cc1. The predicted octanol–water partition coefficient (Wildman–Crippen LogP) is 31.4. The molecule has 0 N–H and O–H groups in total. The molecule has 6 nitrogen and oxygen atoms in total. The van der Waals surface area contributed by atoms with Crippen LogP contribution in [0.5, 0.6) is 0 Å². The highest BCUT2D eigenvalue weighted by molar-refractivity contribution is 6.21. The number of hydrogen-bond acceptors (Lipinski definition) is 2. The summed E-state index contributed by atoms with van der Waals surface area (Å²) in [6.07, 6.45) is 0. The molecule has 0 saturated carbocycles. The molecule has 0 bridgehead atoms. The van der Waals surface area contributed by atoms with Crippen LogP contribution in [0.15, 0.2) is 461 Å². The molecule has 4 aliphatic rings. The summed E-state index contributed by atoms with van der Waals surface area (Å²) >= 11 is 0. The van der Waals surface area contributed by atoms with E-state index in [1.807, 2.05) is 0 Å².